The smallest absolute Gasteiger partial charge is 0.158 e. The number of nitrogens with one attached hydrogen (secondary N) is 1. The summed E-state index contributed by atoms with van der Waals surface area (Å²) >= 11 is 0. The van der Waals surface area contributed by atoms with E-state index >= 15 is 0 Å². The number of methoxy groups -OCH3 is 1. The predicted octanol–water partition coefficient (Wildman–Crippen LogP) is -0.857. The molecule has 0 aliphatic carbocycles. The van der Waals surface area contributed by atoms with Gasteiger partial charge in [0.25, 0.3) is 0 Å². The molecule has 0 bridgehead atoms. The van der Waals surface area contributed by atoms with E-state index in [2.05, 4.69) is 15.4 Å². The topological polar surface area (TPSA) is 110 Å². The van der Waals surface area contributed by atoms with Crippen molar-refractivity contribution in [2.24, 2.45) is 5.84 Å². The molecular weight excluding hydrogens is 270 g/mol. The molecule has 0 amide bonds. The highest BCUT2D eigenvalue weighted by Gasteiger charge is 2.23. The van der Waals surface area contributed by atoms with Gasteiger partial charge in [0.05, 0.1) is 11.5 Å². The van der Waals surface area contributed by atoms with Crippen LogP contribution in [-0.2, 0) is 21.2 Å². The van der Waals surface area contributed by atoms with Gasteiger partial charge < -0.3 is 15.1 Å². The molecular formula is C10H17N5O3S. The van der Waals surface area contributed by atoms with Gasteiger partial charge in [-0.25, -0.2) is 24.2 Å². The standard InChI is InChI=1S/C10H17N5O3S/c1-18-7-9-12-8(14-11)6-10(13-9)15-2-4-19(16,17)5-3-15/h6H,2-5,7,11H2,1H3,(H,12,13,14). The van der Waals surface area contributed by atoms with E-state index in [9.17, 15) is 8.42 Å². The first-order valence-electron chi connectivity index (χ1n) is 5.83. The molecule has 0 aromatic carbocycles. The van der Waals surface area contributed by atoms with Crippen molar-refractivity contribution in [3.05, 3.63) is 11.9 Å². The summed E-state index contributed by atoms with van der Waals surface area (Å²) in [5.74, 6) is 7.28. The van der Waals surface area contributed by atoms with Crippen LogP contribution in [0.4, 0.5) is 11.6 Å². The molecule has 106 valence electrons. The van der Waals surface area contributed by atoms with Gasteiger partial charge in [-0.05, 0) is 0 Å². The molecule has 2 rings (SSSR count). The third-order valence-electron chi connectivity index (χ3n) is 2.85. The fourth-order valence-electron chi connectivity index (χ4n) is 1.85. The lowest BCUT2D eigenvalue weighted by Gasteiger charge is -2.28. The molecule has 0 unspecified atom stereocenters. The van der Waals surface area contributed by atoms with Crippen molar-refractivity contribution in [2.75, 3.05) is 42.0 Å². The van der Waals surface area contributed by atoms with Gasteiger partial charge in [0.15, 0.2) is 15.7 Å². The Kier molecular flexibility index (Phi) is 4.17. The average molecular weight is 287 g/mol. The first kappa shape index (κ1) is 14.0. The molecule has 3 N–H and O–H groups in total. The zero-order valence-corrected chi connectivity index (χ0v) is 11.5. The Morgan fingerprint density at radius 3 is 2.68 bits per heavy atom. The molecule has 8 nitrogen and oxygen atoms in total. The van der Waals surface area contributed by atoms with Crippen molar-refractivity contribution >= 4 is 21.5 Å². The Hall–Kier alpha value is -1.45. The van der Waals surface area contributed by atoms with Crippen LogP contribution in [0.2, 0.25) is 0 Å². The van der Waals surface area contributed by atoms with Crippen LogP contribution in [0.1, 0.15) is 5.82 Å². The second kappa shape index (κ2) is 5.68. The number of anilines is 2. The van der Waals surface area contributed by atoms with E-state index in [1.54, 1.807) is 13.2 Å². The fraction of sp³-hybridized carbons (Fsp3) is 0.600. The highest BCUT2D eigenvalue weighted by molar-refractivity contribution is 7.91. The summed E-state index contributed by atoms with van der Waals surface area (Å²) in [6.07, 6.45) is 0. The molecule has 1 fully saturated rings. The number of hydrazine groups is 1. The van der Waals surface area contributed by atoms with Crippen molar-refractivity contribution in [1.82, 2.24) is 9.97 Å². The first-order chi connectivity index (χ1) is 9.04. The van der Waals surface area contributed by atoms with Crippen LogP contribution in [0.5, 0.6) is 0 Å². The second-order valence-corrected chi connectivity index (χ2v) is 6.55. The number of sulfone groups is 1. The van der Waals surface area contributed by atoms with Gasteiger partial charge in [0.2, 0.25) is 0 Å². The van der Waals surface area contributed by atoms with Gasteiger partial charge in [-0.2, -0.15) is 0 Å². The highest BCUT2D eigenvalue weighted by atomic mass is 32.2. The van der Waals surface area contributed by atoms with Crippen LogP contribution in [0.25, 0.3) is 0 Å². The number of hydrogen-bond donors (Lipinski definition) is 2. The van der Waals surface area contributed by atoms with Crippen LogP contribution in [0.15, 0.2) is 6.07 Å². The van der Waals surface area contributed by atoms with E-state index in [1.165, 1.54) is 0 Å². The second-order valence-electron chi connectivity index (χ2n) is 4.24. The Morgan fingerprint density at radius 2 is 2.11 bits per heavy atom. The van der Waals surface area contributed by atoms with Crippen LogP contribution in [-0.4, -0.2) is 50.1 Å². The Bertz CT molecular complexity index is 534. The lowest BCUT2D eigenvalue weighted by atomic mass is 10.4. The maximum atomic E-state index is 11.4. The number of nitrogens with zero attached hydrogens (tertiary/aromatic N) is 3. The number of nitrogen functional groups attached to an aromatic ring is 1. The summed E-state index contributed by atoms with van der Waals surface area (Å²) in [6.45, 7) is 1.13. The van der Waals surface area contributed by atoms with E-state index in [0.717, 1.165) is 0 Å². The summed E-state index contributed by atoms with van der Waals surface area (Å²) < 4.78 is 27.8. The van der Waals surface area contributed by atoms with Crippen molar-refractivity contribution in [3.63, 3.8) is 0 Å². The molecule has 0 spiro atoms. The molecule has 1 saturated heterocycles. The lowest BCUT2D eigenvalue weighted by Crippen LogP contribution is -2.40. The Balaban J connectivity index is 2.21. The van der Waals surface area contributed by atoms with Gasteiger partial charge in [0, 0.05) is 26.3 Å². The zero-order chi connectivity index (χ0) is 13.9. The minimum absolute atomic E-state index is 0.141. The summed E-state index contributed by atoms with van der Waals surface area (Å²) in [7, 11) is -1.36. The normalized spacial score (nSPS) is 18.3. The van der Waals surface area contributed by atoms with Crippen LogP contribution in [0.3, 0.4) is 0 Å². The molecule has 1 aromatic rings. The number of hydrogen-bond acceptors (Lipinski definition) is 8. The summed E-state index contributed by atoms with van der Waals surface area (Å²) in [5, 5.41) is 0. The number of nitrogens with two attached hydrogens (primary N) is 1. The Morgan fingerprint density at radius 1 is 1.42 bits per heavy atom. The van der Waals surface area contributed by atoms with E-state index < -0.39 is 9.84 Å². The average Bonchev–Trinajstić information content (AvgIpc) is 2.38. The highest BCUT2D eigenvalue weighted by Crippen LogP contribution is 2.18. The fourth-order valence-corrected chi connectivity index (χ4v) is 3.06. The third-order valence-corrected chi connectivity index (χ3v) is 4.46. The SMILES string of the molecule is COCc1nc(NN)cc(N2CCS(=O)(=O)CC2)n1. The monoisotopic (exact) mass is 287 g/mol. The maximum Gasteiger partial charge on any atom is 0.158 e. The Labute approximate surface area is 111 Å². The van der Waals surface area contributed by atoms with E-state index in [4.69, 9.17) is 10.6 Å². The van der Waals surface area contributed by atoms with Crippen molar-refractivity contribution in [2.45, 2.75) is 6.61 Å². The van der Waals surface area contributed by atoms with Gasteiger partial charge in [0.1, 0.15) is 18.2 Å². The van der Waals surface area contributed by atoms with E-state index in [0.29, 0.717) is 30.5 Å². The minimum Gasteiger partial charge on any atom is -0.377 e. The summed E-state index contributed by atoms with van der Waals surface area (Å²) in [4.78, 5) is 10.4. The molecule has 1 aromatic heterocycles. The van der Waals surface area contributed by atoms with Crippen LogP contribution in [0, 0.1) is 0 Å². The third kappa shape index (κ3) is 3.52. The number of rotatable bonds is 4. The van der Waals surface area contributed by atoms with Crippen molar-refractivity contribution in [1.29, 1.82) is 0 Å². The van der Waals surface area contributed by atoms with Gasteiger partial charge in [-0.15, -0.1) is 0 Å². The molecule has 0 saturated carbocycles. The van der Waals surface area contributed by atoms with Gasteiger partial charge in [-0.3, -0.25) is 0 Å². The largest absolute Gasteiger partial charge is 0.377 e. The van der Waals surface area contributed by atoms with Crippen LogP contribution < -0.4 is 16.2 Å². The minimum atomic E-state index is -2.91. The summed E-state index contributed by atoms with van der Waals surface area (Å²) in [6, 6.07) is 1.69. The molecule has 1 aliphatic heterocycles. The van der Waals surface area contributed by atoms with E-state index in [-0.39, 0.29) is 18.1 Å². The summed E-state index contributed by atoms with van der Waals surface area (Å²) in [5.41, 5.74) is 2.47. The number of aromatic nitrogens is 2. The predicted molar refractivity (Wildman–Crippen MR) is 71.4 cm³/mol. The van der Waals surface area contributed by atoms with Crippen LogP contribution >= 0.6 is 0 Å². The molecule has 9 heteroatoms. The van der Waals surface area contributed by atoms with Gasteiger partial charge >= 0.3 is 0 Å². The number of ether oxygens (including phenoxy) is 1. The molecule has 2 heterocycles. The zero-order valence-electron chi connectivity index (χ0n) is 10.7. The molecule has 1 aliphatic rings. The van der Waals surface area contributed by atoms with Gasteiger partial charge in [-0.1, -0.05) is 0 Å². The maximum absolute atomic E-state index is 11.4. The molecule has 0 radical (unpaired) electrons. The lowest BCUT2D eigenvalue weighted by molar-refractivity contribution is 0.178. The van der Waals surface area contributed by atoms with Crippen molar-refractivity contribution in [3.8, 4) is 0 Å². The molecule has 19 heavy (non-hydrogen) atoms. The van der Waals surface area contributed by atoms with E-state index in [1.807, 2.05) is 4.90 Å². The first-order valence-corrected chi connectivity index (χ1v) is 7.65. The quantitative estimate of drug-likeness (QED) is 0.544. The molecule has 0 atom stereocenters. The van der Waals surface area contributed by atoms with Crippen molar-refractivity contribution < 1.29 is 13.2 Å².